The van der Waals surface area contributed by atoms with E-state index in [-0.39, 0.29) is 16.8 Å². The van der Waals surface area contributed by atoms with Gasteiger partial charge in [0.05, 0.1) is 16.6 Å². The fourth-order valence-electron chi connectivity index (χ4n) is 3.14. The van der Waals surface area contributed by atoms with Crippen LogP contribution in [0, 0.1) is 6.92 Å². The monoisotopic (exact) mass is 408 g/mol. The molecule has 0 aromatic heterocycles. The van der Waals surface area contributed by atoms with E-state index < -0.39 is 10.0 Å². The summed E-state index contributed by atoms with van der Waals surface area (Å²) >= 11 is 0. The molecule has 6 heteroatoms. The van der Waals surface area contributed by atoms with E-state index in [0.717, 1.165) is 5.56 Å². The molecule has 0 aliphatic carbocycles. The van der Waals surface area contributed by atoms with Gasteiger partial charge in [0.15, 0.2) is 0 Å². The van der Waals surface area contributed by atoms with Crippen LogP contribution in [-0.4, -0.2) is 21.4 Å². The molecule has 1 atom stereocenters. The van der Waals surface area contributed by atoms with E-state index in [1.165, 1.54) is 11.4 Å². The number of aryl methyl sites for hydroxylation is 1. The van der Waals surface area contributed by atoms with Crippen molar-refractivity contribution in [2.45, 2.75) is 24.8 Å². The van der Waals surface area contributed by atoms with Gasteiger partial charge in [-0.3, -0.25) is 9.10 Å². The Kier molecular flexibility index (Phi) is 6.03. The number of sulfonamides is 1. The first-order valence-electron chi connectivity index (χ1n) is 9.31. The van der Waals surface area contributed by atoms with Crippen molar-refractivity contribution < 1.29 is 13.2 Å². The van der Waals surface area contributed by atoms with Crippen LogP contribution in [0.1, 0.15) is 34.5 Å². The number of amides is 1. The molecular formula is C23H24N2O3S. The van der Waals surface area contributed by atoms with Crippen molar-refractivity contribution in [2.24, 2.45) is 0 Å². The number of rotatable bonds is 6. The van der Waals surface area contributed by atoms with Crippen molar-refractivity contribution in [3.8, 4) is 0 Å². The maximum Gasteiger partial charge on any atom is 0.264 e. The van der Waals surface area contributed by atoms with Crippen LogP contribution in [0.5, 0.6) is 0 Å². The van der Waals surface area contributed by atoms with E-state index in [1.807, 2.05) is 37.3 Å². The summed E-state index contributed by atoms with van der Waals surface area (Å²) in [6.45, 7) is 3.72. The summed E-state index contributed by atoms with van der Waals surface area (Å²) in [7, 11) is -2.15. The molecule has 3 rings (SSSR count). The predicted octanol–water partition coefficient (Wildman–Crippen LogP) is 4.31. The number of carbonyl (C=O) groups is 1. The Labute approximate surface area is 172 Å². The zero-order valence-corrected chi connectivity index (χ0v) is 17.5. The molecule has 0 radical (unpaired) electrons. The molecule has 0 unspecified atom stereocenters. The summed E-state index contributed by atoms with van der Waals surface area (Å²) in [5.41, 5.74) is 2.73. The third-order valence-corrected chi connectivity index (χ3v) is 6.63. The number of nitrogens with zero attached hydrogens (tertiary/aromatic N) is 1. The smallest absolute Gasteiger partial charge is 0.264 e. The molecule has 29 heavy (non-hydrogen) atoms. The van der Waals surface area contributed by atoms with Gasteiger partial charge in [-0.1, -0.05) is 48.5 Å². The van der Waals surface area contributed by atoms with Crippen molar-refractivity contribution in [3.63, 3.8) is 0 Å². The van der Waals surface area contributed by atoms with Crippen LogP contribution in [0.25, 0.3) is 0 Å². The molecule has 0 aliphatic heterocycles. The van der Waals surface area contributed by atoms with Crippen LogP contribution in [0.2, 0.25) is 0 Å². The van der Waals surface area contributed by atoms with E-state index in [2.05, 4.69) is 5.32 Å². The highest BCUT2D eigenvalue weighted by molar-refractivity contribution is 7.92. The Bertz CT molecular complexity index is 1100. The van der Waals surface area contributed by atoms with Crippen molar-refractivity contribution in [1.82, 2.24) is 5.32 Å². The lowest BCUT2D eigenvalue weighted by Crippen LogP contribution is -2.28. The number of anilines is 1. The molecule has 0 aliphatic rings. The normalized spacial score (nSPS) is 12.2. The maximum atomic E-state index is 12.9. The van der Waals surface area contributed by atoms with Gasteiger partial charge in [0.1, 0.15) is 0 Å². The van der Waals surface area contributed by atoms with E-state index in [0.29, 0.717) is 16.8 Å². The average Bonchev–Trinajstić information content (AvgIpc) is 2.74. The molecule has 1 N–H and O–H groups in total. The number of carbonyl (C=O) groups excluding carboxylic acids is 1. The highest BCUT2D eigenvalue weighted by atomic mass is 32.2. The summed E-state index contributed by atoms with van der Waals surface area (Å²) in [4.78, 5) is 12.9. The summed E-state index contributed by atoms with van der Waals surface area (Å²) in [6.07, 6.45) is 0. The molecule has 0 spiro atoms. The maximum absolute atomic E-state index is 12.9. The Morgan fingerprint density at radius 1 is 0.931 bits per heavy atom. The second kappa shape index (κ2) is 8.49. The van der Waals surface area contributed by atoms with Crippen LogP contribution in [0.3, 0.4) is 0 Å². The zero-order valence-electron chi connectivity index (χ0n) is 16.7. The molecule has 1 amide bonds. The fraction of sp³-hybridized carbons (Fsp3) is 0.174. The highest BCUT2D eigenvalue weighted by Gasteiger charge is 2.23. The van der Waals surface area contributed by atoms with Crippen molar-refractivity contribution in [3.05, 3.63) is 95.6 Å². The Balaban J connectivity index is 1.80. The lowest BCUT2D eigenvalue weighted by Gasteiger charge is -2.22. The Hall–Kier alpha value is -3.12. The number of benzene rings is 3. The third kappa shape index (κ3) is 4.49. The quantitative estimate of drug-likeness (QED) is 0.661. The van der Waals surface area contributed by atoms with E-state index in [4.69, 9.17) is 0 Å². The fourth-order valence-corrected chi connectivity index (χ4v) is 4.42. The molecule has 0 fully saturated rings. The van der Waals surface area contributed by atoms with Crippen molar-refractivity contribution in [2.75, 3.05) is 11.4 Å². The average molecular weight is 409 g/mol. The predicted molar refractivity (Wildman–Crippen MR) is 116 cm³/mol. The zero-order chi connectivity index (χ0) is 21.0. The largest absolute Gasteiger partial charge is 0.346 e. The first-order valence-corrected chi connectivity index (χ1v) is 10.7. The van der Waals surface area contributed by atoms with Crippen LogP contribution < -0.4 is 9.62 Å². The molecule has 0 heterocycles. The molecule has 5 nitrogen and oxygen atoms in total. The first-order chi connectivity index (χ1) is 13.8. The van der Waals surface area contributed by atoms with E-state index in [9.17, 15) is 13.2 Å². The Morgan fingerprint density at radius 3 is 2.10 bits per heavy atom. The summed E-state index contributed by atoms with van der Waals surface area (Å²) < 4.78 is 26.9. The second-order valence-electron chi connectivity index (χ2n) is 6.89. The van der Waals surface area contributed by atoms with Gasteiger partial charge >= 0.3 is 0 Å². The van der Waals surface area contributed by atoms with Crippen molar-refractivity contribution in [1.29, 1.82) is 0 Å². The van der Waals surface area contributed by atoms with Crippen LogP contribution in [0.15, 0.2) is 83.8 Å². The van der Waals surface area contributed by atoms with E-state index >= 15 is 0 Å². The van der Waals surface area contributed by atoms with Crippen LogP contribution in [0.4, 0.5) is 5.69 Å². The minimum Gasteiger partial charge on any atom is -0.346 e. The van der Waals surface area contributed by atoms with Gasteiger partial charge in [-0.05, 0) is 55.3 Å². The van der Waals surface area contributed by atoms with Gasteiger partial charge < -0.3 is 5.32 Å². The molecule has 3 aromatic rings. The van der Waals surface area contributed by atoms with Gasteiger partial charge in [-0.15, -0.1) is 0 Å². The van der Waals surface area contributed by atoms with Crippen LogP contribution in [-0.2, 0) is 10.0 Å². The number of hydrogen-bond acceptors (Lipinski definition) is 3. The lowest BCUT2D eigenvalue weighted by molar-refractivity contribution is 0.0940. The van der Waals surface area contributed by atoms with Gasteiger partial charge in [-0.25, -0.2) is 8.42 Å². The molecule has 150 valence electrons. The summed E-state index contributed by atoms with van der Waals surface area (Å²) in [5, 5.41) is 2.97. The Morgan fingerprint density at radius 2 is 1.52 bits per heavy atom. The van der Waals surface area contributed by atoms with Gasteiger partial charge in [-0.2, -0.15) is 0 Å². The summed E-state index contributed by atoms with van der Waals surface area (Å²) in [6, 6.07) is 22.9. The molecular weight excluding hydrogens is 384 g/mol. The van der Waals surface area contributed by atoms with Crippen molar-refractivity contribution >= 4 is 21.6 Å². The molecule has 3 aromatic carbocycles. The second-order valence-corrected chi connectivity index (χ2v) is 8.86. The van der Waals surface area contributed by atoms with Crippen LogP contribution >= 0.6 is 0 Å². The lowest BCUT2D eigenvalue weighted by atomic mass is 10.1. The number of nitrogens with one attached hydrogen (secondary N) is 1. The topological polar surface area (TPSA) is 66.5 Å². The van der Waals surface area contributed by atoms with Gasteiger partial charge in [0, 0.05) is 12.6 Å². The molecule has 0 bridgehead atoms. The van der Waals surface area contributed by atoms with E-state index in [1.54, 1.807) is 55.5 Å². The number of hydrogen-bond donors (Lipinski definition) is 1. The van der Waals surface area contributed by atoms with Gasteiger partial charge in [0.25, 0.3) is 15.9 Å². The third-order valence-electron chi connectivity index (χ3n) is 4.85. The highest BCUT2D eigenvalue weighted by Crippen LogP contribution is 2.26. The molecule has 0 saturated heterocycles. The SMILES string of the molecule is Cc1cc(C(=O)N[C@@H](C)c2ccccc2)ccc1N(C)S(=O)(=O)c1ccccc1. The minimum absolute atomic E-state index is 0.134. The first kappa shape index (κ1) is 20.6. The standard InChI is InChI=1S/C23H24N2O3S/c1-17-16-20(23(26)24-18(2)19-10-6-4-7-11-19)14-15-22(17)25(3)29(27,28)21-12-8-5-9-13-21/h4-16,18H,1-3H3,(H,24,26)/t18-/m0/s1. The van der Waals surface area contributed by atoms with Gasteiger partial charge in [0.2, 0.25) is 0 Å². The molecule has 0 saturated carbocycles. The minimum atomic E-state index is -3.67. The summed E-state index contributed by atoms with van der Waals surface area (Å²) in [5.74, 6) is -0.204.